The summed E-state index contributed by atoms with van der Waals surface area (Å²) in [6.45, 7) is 2.22. The predicted octanol–water partition coefficient (Wildman–Crippen LogP) is 3.94. The van der Waals surface area contributed by atoms with Crippen LogP contribution in [-0.2, 0) is 0 Å². The molecule has 0 aromatic heterocycles. The monoisotopic (exact) mass is 271 g/mol. The van der Waals surface area contributed by atoms with E-state index >= 15 is 0 Å². The van der Waals surface area contributed by atoms with E-state index in [0.29, 0.717) is 12.4 Å². The van der Waals surface area contributed by atoms with Gasteiger partial charge in [0.1, 0.15) is 18.2 Å². The van der Waals surface area contributed by atoms with Gasteiger partial charge in [-0.05, 0) is 24.6 Å². The van der Waals surface area contributed by atoms with Crippen LogP contribution >= 0.6 is 0 Å². The van der Waals surface area contributed by atoms with E-state index in [1.54, 1.807) is 6.07 Å². The molecular formula is C17H18FNO. The van der Waals surface area contributed by atoms with Gasteiger partial charge in [0.05, 0.1) is 0 Å². The first kappa shape index (κ1) is 14.3. The number of hydrogen-bond acceptors (Lipinski definition) is 2. The molecule has 2 aromatic rings. The van der Waals surface area contributed by atoms with E-state index in [9.17, 15) is 4.39 Å². The molecule has 2 N–H and O–H groups in total. The van der Waals surface area contributed by atoms with Crippen LogP contribution in [0.15, 0.2) is 54.6 Å². The van der Waals surface area contributed by atoms with Gasteiger partial charge in [0.15, 0.2) is 0 Å². The lowest BCUT2D eigenvalue weighted by Gasteiger charge is -2.12. The lowest BCUT2D eigenvalue weighted by atomic mass is 10.1. The molecule has 3 heteroatoms. The molecule has 0 radical (unpaired) electrons. The van der Waals surface area contributed by atoms with E-state index in [1.807, 2.05) is 49.4 Å². The van der Waals surface area contributed by atoms with E-state index in [1.165, 1.54) is 12.1 Å². The molecule has 0 aliphatic carbocycles. The van der Waals surface area contributed by atoms with Crippen LogP contribution in [0.4, 0.5) is 4.39 Å². The summed E-state index contributed by atoms with van der Waals surface area (Å²) in [5, 5.41) is 0. The molecule has 0 spiro atoms. The summed E-state index contributed by atoms with van der Waals surface area (Å²) in [5.41, 5.74) is 7.74. The minimum absolute atomic E-state index is 0.191. The number of benzene rings is 2. The summed E-state index contributed by atoms with van der Waals surface area (Å²) in [6.07, 6.45) is 3.86. The first-order valence-electron chi connectivity index (χ1n) is 6.56. The summed E-state index contributed by atoms with van der Waals surface area (Å²) in [4.78, 5) is 0. The van der Waals surface area contributed by atoms with E-state index in [-0.39, 0.29) is 11.9 Å². The van der Waals surface area contributed by atoms with Crippen molar-refractivity contribution in [2.24, 2.45) is 5.73 Å². The second-order valence-corrected chi connectivity index (χ2v) is 4.59. The Hall–Kier alpha value is -2.13. The normalized spacial score (nSPS) is 12.6. The van der Waals surface area contributed by atoms with Crippen molar-refractivity contribution in [1.29, 1.82) is 0 Å². The number of nitrogens with two attached hydrogens (primary N) is 1. The first-order valence-corrected chi connectivity index (χ1v) is 6.56. The topological polar surface area (TPSA) is 35.2 Å². The van der Waals surface area contributed by atoms with Crippen molar-refractivity contribution in [2.75, 3.05) is 6.61 Å². The highest BCUT2D eigenvalue weighted by Crippen LogP contribution is 2.24. The first-order chi connectivity index (χ1) is 9.66. The highest BCUT2D eigenvalue weighted by molar-refractivity contribution is 5.48. The Bertz CT molecular complexity index is 579. The maximum Gasteiger partial charge on any atom is 0.127 e. The standard InChI is InChI=1S/C17H18FNO/c1-13(19)16-10-9-15(18)12-17(16)20-11-5-8-14-6-3-2-4-7-14/h2-10,12-13H,11,19H2,1H3. The molecule has 0 aliphatic rings. The molecular weight excluding hydrogens is 253 g/mol. The van der Waals surface area contributed by atoms with Crippen molar-refractivity contribution in [3.63, 3.8) is 0 Å². The maximum absolute atomic E-state index is 13.2. The molecule has 1 unspecified atom stereocenters. The Morgan fingerprint density at radius 2 is 1.95 bits per heavy atom. The Labute approximate surface area is 118 Å². The summed E-state index contributed by atoms with van der Waals surface area (Å²) in [5.74, 6) is 0.175. The van der Waals surface area contributed by atoms with Crippen LogP contribution in [0.1, 0.15) is 24.1 Å². The van der Waals surface area contributed by atoms with Crippen LogP contribution in [0.5, 0.6) is 5.75 Å². The average Bonchev–Trinajstić information content (AvgIpc) is 2.44. The molecule has 20 heavy (non-hydrogen) atoms. The van der Waals surface area contributed by atoms with E-state index in [0.717, 1.165) is 11.1 Å². The van der Waals surface area contributed by atoms with Crippen LogP contribution in [0.25, 0.3) is 6.08 Å². The van der Waals surface area contributed by atoms with Crippen LogP contribution in [0.2, 0.25) is 0 Å². The summed E-state index contributed by atoms with van der Waals surface area (Å²) in [7, 11) is 0. The fourth-order valence-corrected chi connectivity index (χ4v) is 1.90. The highest BCUT2D eigenvalue weighted by Gasteiger charge is 2.08. The number of ether oxygens (including phenoxy) is 1. The van der Waals surface area contributed by atoms with Gasteiger partial charge in [-0.1, -0.05) is 42.5 Å². The van der Waals surface area contributed by atoms with Crippen LogP contribution in [0.3, 0.4) is 0 Å². The van der Waals surface area contributed by atoms with Crippen LogP contribution in [-0.4, -0.2) is 6.61 Å². The maximum atomic E-state index is 13.2. The molecule has 0 aliphatic heterocycles. The summed E-state index contributed by atoms with van der Waals surface area (Å²) in [6, 6.07) is 14.2. The van der Waals surface area contributed by atoms with Gasteiger partial charge in [-0.2, -0.15) is 0 Å². The van der Waals surface area contributed by atoms with Gasteiger partial charge in [-0.25, -0.2) is 4.39 Å². The van der Waals surface area contributed by atoms with Gasteiger partial charge in [-0.3, -0.25) is 0 Å². The van der Waals surface area contributed by atoms with Crippen molar-refractivity contribution in [3.8, 4) is 5.75 Å². The second kappa shape index (κ2) is 6.87. The molecule has 1 atom stereocenters. The summed E-state index contributed by atoms with van der Waals surface area (Å²) >= 11 is 0. The van der Waals surface area contributed by atoms with E-state index < -0.39 is 0 Å². The molecule has 104 valence electrons. The number of rotatable bonds is 5. The molecule has 0 saturated carbocycles. The zero-order valence-corrected chi connectivity index (χ0v) is 11.4. The van der Waals surface area contributed by atoms with Crippen molar-refractivity contribution >= 4 is 6.08 Å². The Kier molecular flexibility index (Phi) is 4.91. The van der Waals surface area contributed by atoms with Gasteiger partial charge >= 0.3 is 0 Å². The zero-order chi connectivity index (χ0) is 14.4. The third-order valence-electron chi connectivity index (χ3n) is 2.91. The Morgan fingerprint density at radius 3 is 2.65 bits per heavy atom. The van der Waals surface area contributed by atoms with Gasteiger partial charge in [-0.15, -0.1) is 0 Å². The minimum Gasteiger partial charge on any atom is -0.489 e. The van der Waals surface area contributed by atoms with Gasteiger partial charge < -0.3 is 10.5 Å². The van der Waals surface area contributed by atoms with Gasteiger partial charge in [0.2, 0.25) is 0 Å². The molecule has 0 heterocycles. The molecule has 0 fully saturated rings. The SMILES string of the molecule is CC(N)c1ccc(F)cc1OCC=Cc1ccccc1. The van der Waals surface area contributed by atoms with Crippen molar-refractivity contribution < 1.29 is 9.13 Å². The van der Waals surface area contributed by atoms with Crippen molar-refractivity contribution in [2.45, 2.75) is 13.0 Å². The summed E-state index contributed by atoms with van der Waals surface area (Å²) < 4.78 is 18.8. The molecule has 2 rings (SSSR count). The average molecular weight is 271 g/mol. The largest absolute Gasteiger partial charge is 0.489 e. The Balaban J connectivity index is 2.00. The fourth-order valence-electron chi connectivity index (χ4n) is 1.90. The predicted molar refractivity (Wildman–Crippen MR) is 80.0 cm³/mol. The smallest absolute Gasteiger partial charge is 0.127 e. The number of halogens is 1. The highest BCUT2D eigenvalue weighted by atomic mass is 19.1. The molecule has 0 amide bonds. The molecule has 2 nitrogen and oxygen atoms in total. The second-order valence-electron chi connectivity index (χ2n) is 4.59. The zero-order valence-electron chi connectivity index (χ0n) is 11.4. The minimum atomic E-state index is -0.323. The quantitative estimate of drug-likeness (QED) is 0.894. The van der Waals surface area contributed by atoms with Gasteiger partial charge in [0.25, 0.3) is 0 Å². The molecule has 0 bridgehead atoms. The third kappa shape index (κ3) is 3.93. The fraction of sp³-hybridized carbons (Fsp3) is 0.176. The molecule has 0 saturated heterocycles. The molecule has 2 aromatic carbocycles. The Morgan fingerprint density at radius 1 is 1.20 bits per heavy atom. The third-order valence-corrected chi connectivity index (χ3v) is 2.91. The van der Waals surface area contributed by atoms with E-state index in [2.05, 4.69) is 0 Å². The van der Waals surface area contributed by atoms with Crippen molar-refractivity contribution in [1.82, 2.24) is 0 Å². The van der Waals surface area contributed by atoms with Crippen molar-refractivity contribution in [3.05, 3.63) is 71.6 Å². The van der Waals surface area contributed by atoms with E-state index in [4.69, 9.17) is 10.5 Å². The lowest BCUT2D eigenvalue weighted by Crippen LogP contribution is -2.08. The van der Waals surface area contributed by atoms with Crippen LogP contribution < -0.4 is 10.5 Å². The number of hydrogen-bond donors (Lipinski definition) is 1. The lowest BCUT2D eigenvalue weighted by molar-refractivity contribution is 0.355. The van der Waals surface area contributed by atoms with Gasteiger partial charge in [0, 0.05) is 17.7 Å². The van der Waals surface area contributed by atoms with Crippen LogP contribution in [0, 0.1) is 5.82 Å².